The molecule has 2 heterocycles. The van der Waals surface area contributed by atoms with Crippen molar-refractivity contribution in [2.75, 3.05) is 13.1 Å². The molecule has 1 aliphatic heterocycles. The second kappa shape index (κ2) is 5.29. The summed E-state index contributed by atoms with van der Waals surface area (Å²) < 4.78 is 1.08. The molecule has 0 radical (unpaired) electrons. The lowest BCUT2D eigenvalue weighted by molar-refractivity contribution is -0.125. The highest BCUT2D eigenvalue weighted by atomic mass is 79.9. The molecule has 2 N–H and O–H groups in total. The molecule has 3 nitrogen and oxygen atoms in total. The van der Waals surface area contributed by atoms with Gasteiger partial charge >= 0.3 is 0 Å². The molecule has 2 unspecified atom stereocenters. The van der Waals surface area contributed by atoms with Gasteiger partial charge in [0.05, 0.1) is 12.5 Å². The van der Waals surface area contributed by atoms with E-state index in [-0.39, 0.29) is 11.8 Å². The third-order valence-electron chi connectivity index (χ3n) is 2.97. The fourth-order valence-corrected chi connectivity index (χ4v) is 3.34. The first-order valence-electron chi connectivity index (χ1n) is 5.39. The summed E-state index contributed by atoms with van der Waals surface area (Å²) in [6, 6.07) is 2.01. The van der Waals surface area contributed by atoms with Crippen LogP contribution in [0, 0.1) is 11.8 Å². The molecule has 2 rings (SSSR count). The van der Waals surface area contributed by atoms with Gasteiger partial charge in [-0.3, -0.25) is 4.79 Å². The average Bonchev–Trinajstić information content (AvgIpc) is 2.84. The summed E-state index contributed by atoms with van der Waals surface area (Å²) in [6.45, 7) is 4.49. The molecule has 16 heavy (non-hydrogen) atoms. The van der Waals surface area contributed by atoms with Gasteiger partial charge in [-0.25, -0.2) is 0 Å². The molecule has 0 aromatic carbocycles. The quantitative estimate of drug-likeness (QED) is 0.896. The number of thiophene rings is 1. The highest BCUT2D eigenvalue weighted by molar-refractivity contribution is 9.10. The Morgan fingerprint density at radius 3 is 3.06 bits per heavy atom. The maximum Gasteiger partial charge on any atom is 0.225 e. The van der Waals surface area contributed by atoms with E-state index in [4.69, 9.17) is 0 Å². The van der Waals surface area contributed by atoms with Gasteiger partial charge in [-0.15, -0.1) is 11.3 Å². The lowest BCUT2D eigenvalue weighted by atomic mass is 9.97. The minimum atomic E-state index is 0.124. The van der Waals surface area contributed by atoms with Crippen LogP contribution in [0.15, 0.2) is 15.9 Å². The van der Waals surface area contributed by atoms with Crippen molar-refractivity contribution >= 4 is 33.2 Å². The van der Waals surface area contributed by atoms with Crippen molar-refractivity contribution in [2.24, 2.45) is 11.8 Å². The number of carbonyl (C=O) groups is 1. The number of amides is 1. The highest BCUT2D eigenvalue weighted by Gasteiger charge is 2.29. The first kappa shape index (κ1) is 12.1. The maximum atomic E-state index is 11.9. The lowest BCUT2D eigenvalue weighted by Crippen LogP contribution is -2.33. The van der Waals surface area contributed by atoms with Crippen LogP contribution in [0.3, 0.4) is 0 Å². The third kappa shape index (κ3) is 2.64. The minimum absolute atomic E-state index is 0.124. The van der Waals surface area contributed by atoms with Gasteiger partial charge in [0.2, 0.25) is 5.91 Å². The molecule has 5 heteroatoms. The Hall–Kier alpha value is -0.390. The van der Waals surface area contributed by atoms with Crippen molar-refractivity contribution in [1.82, 2.24) is 10.6 Å². The predicted molar refractivity (Wildman–Crippen MR) is 69.4 cm³/mol. The van der Waals surface area contributed by atoms with Gasteiger partial charge in [-0.2, -0.15) is 0 Å². The highest BCUT2D eigenvalue weighted by Crippen LogP contribution is 2.22. The first-order chi connectivity index (χ1) is 7.68. The van der Waals surface area contributed by atoms with Gasteiger partial charge in [0.25, 0.3) is 0 Å². The molecule has 1 fully saturated rings. The smallest absolute Gasteiger partial charge is 0.225 e. The van der Waals surface area contributed by atoms with E-state index in [1.807, 2.05) is 11.4 Å². The van der Waals surface area contributed by atoms with E-state index in [9.17, 15) is 4.79 Å². The van der Waals surface area contributed by atoms with Crippen LogP contribution in [0.5, 0.6) is 0 Å². The monoisotopic (exact) mass is 302 g/mol. The number of carbonyl (C=O) groups excluding carboxylic acids is 1. The second-order valence-corrected chi connectivity index (χ2v) is 6.01. The van der Waals surface area contributed by atoms with Gasteiger partial charge in [-0.05, 0) is 39.8 Å². The summed E-state index contributed by atoms with van der Waals surface area (Å²) in [7, 11) is 0. The van der Waals surface area contributed by atoms with Crippen molar-refractivity contribution in [3.8, 4) is 0 Å². The fraction of sp³-hybridized carbons (Fsp3) is 0.545. The molecule has 0 aliphatic carbocycles. The van der Waals surface area contributed by atoms with Gasteiger partial charge in [0.1, 0.15) is 0 Å². The maximum absolute atomic E-state index is 11.9. The van der Waals surface area contributed by atoms with Crippen molar-refractivity contribution in [3.05, 3.63) is 20.8 Å². The van der Waals surface area contributed by atoms with E-state index in [2.05, 4.69) is 33.5 Å². The molecule has 1 amide bonds. The predicted octanol–water partition coefficient (Wildman–Crippen LogP) is 1.98. The number of hydrogen-bond donors (Lipinski definition) is 2. The topological polar surface area (TPSA) is 41.1 Å². The molecule has 0 saturated carbocycles. The Bertz CT molecular complexity index is 380. The third-order valence-corrected chi connectivity index (χ3v) is 4.89. The zero-order valence-electron chi connectivity index (χ0n) is 9.13. The van der Waals surface area contributed by atoms with Crippen molar-refractivity contribution < 1.29 is 4.79 Å². The molecule has 1 saturated heterocycles. The van der Waals surface area contributed by atoms with Gasteiger partial charge in [-0.1, -0.05) is 6.92 Å². The van der Waals surface area contributed by atoms with Crippen molar-refractivity contribution in [3.63, 3.8) is 0 Å². The second-order valence-electron chi connectivity index (χ2n) is 4.15. The largest absolute Gasteiger partial charge is 0.351 e. The summed E-state index contributed by atoms with van der Waals surface area (Å²) in [4.78, 5) is 13.1. The first-order valence-corrected chi connectivity index (χ1v) is 7.06. The fourth-order valence-electron chi connectivity index (χ4n) is 1.91. The normalized spacial score (nSPS) is 24.6. The number of halogens is 1. The molecular formula is C11H15BrN2OS. The number of hydrogen-bond acceptors (Lipinski definition) is 3. The molecule has 0 bridgehead atoms. The van der Waals surface area contributed by atoms with Crippen LogP contribution in [0.4, 0.5) is 0 Å². The summed E-state index contributed by atoms with van der Waals surface area (Å²) in [5.41, 5.74) is 0. The van der Waals surface area contributed by atoms with Crippen LogP contribution in [-0.4, -0.2) is 19.0 Å². The van der Waals surface area contributed by atoms with E-state index >= 15 is 0 Å². The average molecular weight is 303 g/mol. The van der Waals surface area contributed by atoms with E-state index in [1.165, 1.54) is 4.88 Å². The van der Waals surface area contributed by atoms with Crippen LogP contribution in [-0.2, 0) is 11.3 Å². The van der Waals surface area contributed by atoms with Crippen molar-refractivity contribution in [2.45, 2.75) is 13.5 Å². The molecule has 1 aromatic heterocycles. The standard InChI is InChI=1S/C11H15BrN2OS/c1-7-4-13-5-8(7)11(15)14-6-10-9(12)2-3-16-10/h2-3,7-8,13H,4-6H2,1H3,(H,14,15). The van der Waals surface area contributed by atoms with E-state index in [1.54, 1.807) is 11.3 Å². The molecule has 2 atom stereocenters. The van der Waals surface area contributed by atoms with Crippen LogP contribution >= 0.6 is 27.3 Å². The molecular weight excluding hydrogens is 288 g/mol. The van der Waals surface area contributed by atoms with Gasteiger partial charge in [0.15, 0.2) is 0 Å². The number of rotatable bonds is 3. The Morgan fingerprint density at radius 1 is 1.69 bits per heavy atom. The van der Waals surface area contributed by atoms with E-state index < -0.39 is 0 Å². The summed E-state index contributed by atoms with van der Waals surface area (Å²) in [5.74, 6) is 0.725. The van der Waals surface area contributed by atoms with Gasteiger partial charge in [0, 0.05) is 15.9 Å². The Balaban J connectivity index is 1.86. The van der Waals surface area contributed by atoms with Crippen LogP contribution in [0.25, 0.3) is 0 Å². The van der Waals surface area contributed by atoms with Gasteiger partial charge < -0.3 is 10.6 Å². The van der Waals surface area contributed by atoms with E-state index in [0.29, 0.717) is 12.5 Å². The SMILES string of the molecule is CC1CNCC1C(=O)NCc1sccc1Br. The Kier molecular flexibility index (Phi) is 4.00. The molecule has 1 aromatic rings. The summed E-state index contributed by atoms with van der Waals surface area (Å²) in [5, 5.41) is 8.26. The van der Waals surface area contributed by atoms with Crippen LogP contribution in [0.2, 0.25) is 0 Å². The van der Waals surface area contributed by atoms with Crippen molar-refractivity contribution in [1.29, 1.82) is 0 Å². The van der Waals surface area contributed by atoms with Crippen LogP contribution in [0.1, 0.15) is 11.8 Å². The Labute approximate surface area is 108 Å². The summed E-state index contributed by atoms with van der Waals surface area (Å²) >= 11 is 5.12. The zero-order valence-corrected chi connectivity index (χ0v) is 11.5. The molecule has 0 spiro atoms. The zero-order chi connectivity index (χ0) is 11.5. The molecule has 1 aliphatic rings. The molecule has 88 valence electrons. The van der Waals surface area contributed by atoms with E-state index in [0.717, 1.165) is 17.6 Å². The Morgan fingerprint density at radius 2 is 2.50 bits per heavy atom. The minimum Gasteiger partial charge on any atom is -0.351 e. The summed E-state index contributed by atoms with van der Waals surface area (Å²) in [6.07, 6.45) is 0. The lowest BCUT2D eigenvalue weighted by Gasteiger charge is -2.13. The number of nitrogens with one attached hydrogen (secondary N) is 2. The van der Waals surface area contributed by atoms with Crippen LogP contribution < -0.4 is 10.6 Å².